The summed E-state index contributed by atoms with van der Waals surface area (Å²) >= 11 is 0. The van der Waals surface area contributed by atoms with Crippen molar-refractivity contribution in [2.45, 2.75) is 13.5 Å². The lowest BCUT2D eigenvalue weighted by molar-refractivity contribution is -0.386. The van der Waals surface area contributed by atoms with E-state index in [0.717, 1.165) is 12.2 Å². The number of aromatic nitrogens is 2. The lowest BCUT2D eigenvalue weighted by Gasteiger charge is -1.84. The van der Waals surface area contributed by atoms with E-state index in [4.69, 9.17) is 0 Å². The Morgan fingerprint density at radius 3 is 2.88 bits per heavy atom. The van der Waals surface area contributed by atoms with Crippen LogP contribution in [-0.4, -0.2) is 10.2 Å². The van der Waals surface area contributed by atoms with Gasteiger partial charge in [-0.2, -0.15) is 5.10 Å². The molecule has 0 aromatic carbocycles. The van der Waals surface area contributed by atoms with E-state index in [2.05, 4.69) is 15.9 Å². The molecule has 0 saturated heterocycles. The molecule has 3 nitrogen and oxygen atoms in total. The molecule has 1 rings (SSSR count). The molecular weight excluding hydrogens is 102 g/mol. The van der Waals surface area contributed by atoms with Gasteiger partial charge in [-0.3, -0.25) is 5.10 Å². The van der Waals surface area contributed by atoms with Crippen molar-refractivity contribution in [3.05, 3.63) is 17.5 Å². The van der Waals surface area contributed by atoms with Crippen LogP contribution in [0.15, 0.2) is 6.20 Å². The van der Waals surface area contributed by atoms with Gasteiger partial charge in [0, 0.05) is 11.3 Å². The molecule has 0 spiro atoms. The van der Waals surface area contributed by atoms with E-state index in [0.29, 0.717) is 0 Å². The lowest BCUT2D eigenvalue weighted by atomic mass is 10.3. The molecule has 1 aromatic rings. The molecule has 1 aromatic heterocycles. The van der Waals surface area contributed by atoms with Crippen LogP contribution in [0.25, 0.3) is 0 Å². The molecule has 0 bridgehead atoms. The highest BCUT2D eigenvalue weighted by Crippen LogP contribution is 1.97. The summed E-state index contributed by atoms with van der Waals surface area (Å²) in [5, 5.41) is 6.66. The second kappa shape index (κ2) is 1.96. The van der Waals surface area contributed by atoms with Gasteiger partial charge >= 0.3 is 0 Å². The molecule has 3 heteroatoms. The Balaban J connectivity index is 2.92. The molecule has 4 N–H and O–H groups in total. The first-order valence-electron chi connectivity index (χ1n) is 2.62. The molecule has 0 amide bonds. The summed E-state index contributed by atoms with van der Waals surface area (Å²) in [5.41, 5.74) is 6.05. The van der Waals surface area contributed by atoms with E-state index in [-0.39, 0.29) is 0 Å². The predicted molar refractivity (Wildman–Crippen MR) is 29.9 cm³/mol. The van der Waals surface area contributed by atoms with Crippen LogP contribution in [-0.2, 0) is 6.54 Å². The van der Waals surface area contributed by atoms with Gasteiger partial charge in [-0.1, -0.05) is 0 Å². The molecule has 0 unspecified atom stereocenters. The van der Waals surface area contributed by atoms with Gasteiger partial charge < -0.3 is 5.73 Å². The van der Waals surface area contributed by atoms with E-state index in [1.165, 1.54) is 5.56 Å². The number of hydrogen-bond donors (Lipinski definition) is 2. The van der Waals surface area contributed by atoms with Crippen molar-refractivity contribution >= 4 is 0 Å². The minimum absolute atomic E-state index is 0.822. The van der Waals surface area contributed by atoms with Gasteiger partial charge in [-0.15, -0.1) is 0 Å². The van der Waals surface area contributed by atoms with Crippen molar-refractivity contribution in [2.75, 3.05) is 0 Å². The summed E-state index contributed by atoms with van der Waals surface area (Å²) in [6, 6.07) is 0. The number of nitrogens with zero attached hydrogens (tertiary/aromatic N) is 1. The predicted octanol–water partition coefficient (Wildman–Crippen LogP) is -0.540. The Labute approximate surface area is 47.9 Å². The van der Waals surface area contributed by atoms with Crippen LogP contribution in [0.2, 0.25) is 0 Å². The highest BCUT2D eigenvalue weighted by atomic mass is 15.1. The second-order valence-electron chi connectivity index (χ2n) is 1.77. The summed E-state index contributed by atoms with van der Waals surface area (Å²) < 4.78 is 0. The topological polar surface area (TPSA) is 56.3 Å². The third-order valence-electron chi connectivity index (χ3n) is 1.20. The lowest BCUT2D eigenvalue weighted by Crippen LogP contribution is -2.47. The fraction of sp³-hybridized carbons (Fsp3) is 0.400. The SMILES string of the molecule is Cc1[nH]ncc1C[NH3+]. The van der Waals surface area contributed by atoms with Gasteiger partial charge in [0.1, 0.15) is 6.54 Å². The Morgan fingerprint density at radius 1 is 1.88 bits per heavy atom. The number of aromatic amines is 1. The largest absolute Gasteiger partial charge is 0.354 e. The Bertz CT molecular complexity index is 168. The van der Waals surface area contributed by atoms with Gasteiger partial charge in [0.05, 0.1) is 6.20 Å². The van der Waals surface area contributed by atoms with Gasteiger partial charge in [-0.05, 0) is 6.92 Å². The van der Waals surface area contributed by atoms with Crippen molar-refractivity contribution in [3.8, 4) is 0 Å². The molecule has 1 heterocycles. The Hall–Kier alpha value is -0.830. The first-order chi connectivity index (χ1) is 3.84. The smallest absolute Gasteiger partial charge is 0.103 e. The average Bonchev–Trinajstić information content (AvgIpc) is 2.14. The van der Waals surface area contributed by atoms with Crippen molar-refractivity contribution in [1.29, 1.82) is 0 Å². The first-order valence-corrected chi connectivity index (χ1v) is 2.62. The second-order valence-corrected chi connectivity index (χ2v) is 1.77. The van der Waals surface area contributed by atoms with Crippen molar-refractivity contribution in [3.63, 3.8) is 0 Å². The number of H-pyrrole nitrogens is 1. The van der Waals surface area contributed by atoms with Crippen molar-refractivity contribution in [2.24, 2.45) is 0 Å². The number of hydrogen-bond acceptors (Lipinski definition) is 1. The monoisotopic (exact) mass is 112 g/mol. The van der Waals surface area contributed by atoms with Crippen LogP contribution in [0.5, 0.6) is 0 Å². The van der Waals surface area contributed by atoms with Crippen molar-refractivity contribution in [1.82, 2.24) is 10.2 Å². The van der Waals surface area contributed by atoms with Crippen LogP contribution < -0.4 is 5.73 Å². The third kappa shape index (κ3) is 0.721. The zero-order chi connectivity index (χ0) is 5.98. The number of aryl methyl sites for hydroxylation is 1. The van der Waals surface area contributed by atoms with Crippen LogP contribution in [0.3, 0.4) is 0 Å². The van der Waals surface area contributed by atoms with E-state index < -0.39 is 0 Å². The summed E-state index contributed by atoms with van der Waals surface area (Å²) in [6.07, 6.45) is 1.81. The normalized spacial score (nSPS) is 9.75. The zero-order valence-electron chi connectivity index (χ0n) is 4.94. The minimum Gasteiger partial charge on any atom is -0.354 e. The van der Waals surface area contributed by atoms with E-state index in [1.807, 2.05) is 13.1 Å². The van der Waals surface area contributed by atoms with Crippen LogP contribution in [0.1, 0.15) is 11.3 Å². The molecule has 0 aliphatic heterocycles. The van der Waals surface area contributed by atoms with Crippen LogP contribution in [0, 0.1) is 6.92 Å². The Morgan fingerprint density at radius 2 is 2.62 bits per heavy atom. The highest BCUT2D eigenvalue weighted by Gasteiger charge is 1.95. The molecule has 0 aliphatic carbocycles. The molecule has 8 heavy (non-hydrogen) atoms. The summed E-state index contributed by atoms with van der Waals surface area (Å²) in [7, 11) is 0. The van der Waals surface area contributed by atoms with Gasteiger partial charge in [-0.25, -0.2) is 0 Å². The maximum Gasteiger partial charge on any atom is 0.103 e. The molecular formula is C5H10N3+. The van der Waals surface area contributed by atoms with E-state index in [9.17, 15) is 0 Å². The quantitative estimate of drug-likeness (QED) is 0.503. The zero-order valence-corrected chi connectivity index (χ0v) is 4.94. The molecule has 0 atom stereocenters. The fourth-order valence-electron chi connectivity index (χ4n) is 0.628. The van der Waals surface area contributed by atoms with Gasteiger partial charge in [0.2, 0.25) is 0 Å². The Kier molecular flexibility index (Phi) is 1.30. The number of rotatable bonds is 1. The maximum atomic E-state index is 3.83. The summed E-state index contributed by atoms with van der Waals surface area (Å²) in [5.74, 6) is 0. The highest BCUT2D eigenvalue weighted by molar-refractivity contribution is 5.11. The van der Waals surface area contributed by atoms with Gasteiger partial charge in [0.25, 0.3) is 0 Å². The third-order valence-corrected chi connectivity index (χ3v) is 1.20. The number of quaternary nitrogens is 1. The fourth-order valence-corrected chi connectivity index (χ4v) is 0.628. The van der Waals surface area contributed by atoms with Gasteiger partial charge in [0.15, 0.2) is 0 Å². The number of nitrogens with one attached hydrogen (secondary N) is 1. The molecule has 0 saturated carbocycles. The van der Waals surface area contributed by atoms with Crippen LogP contribution >= 0.6 is 0 Å². The molecule has 0 fully saturated rings. The summed E-state index contributed by atoms with van der Waals surface area (Å²) in [6.45, 7) is 2.82. The maximum absolute atomic E-state index is 3.83. The molecule has 44 valence electrons. The van der Waals surface area contributed by atoms with E-state index >= 15 is 0 Å². The van der Waals surface area contributed by atoms with E-state index in [1.54, 1.807) is 0 Å². The van der Waals surface area contributed by atoms with Crippen LogP contribution in [0.4, 0.5) is 0 Å². The molecule has 0 aliphatic rings. The summed E-state index contributed by atoms with van der Waals surface area (Å²) in [4.78, 5) is 0. The van der Waals surface area contributed by atoms with Crippen molar-refractivity contribution < 1.29 is 5.73 Å². The first kappa shape index (κ1) is 5.31. The standard InChI is InChI=1S/C5H9N3/c1-4-5(2-6)3-7-8-4/h3H,2,6H2,1H3,(H,7,8)/p+1. The minimum atomic E-state index is 0.822. The molecule has 0 radical (unpaired) electrons. The average molecular weight is 112 g/mol.